The van der Waals surface area contributed by atoms with Gasteiger partial charge in [0.05, 0.1) is 5.75 Å². The molecule has 0 spiro atoms. The molecule has 1 aliphatic heterocycles. The van der Waals surface area contributed by atoms with Gasteiger partial charge in [-0.2, -0.15) is 0 Å². The first kappa shape index (κ1) is 23.3. The molecule has 6 nitrogen and oxygen atoms in total. The Balaban J connectivity index is 1.76. The summed E-state index contributed by atoms with van der Waals surface area (Å²) < 4.78 is 37.7. The summed E-state index contributed by atoms with van der Waals surface area (Å²) in [7, 11) is -3.38. The summed E-state index contributed by atoms with van der Waals surface area (Å²) in [6, 6.07) is 4.87. The van der Waals surface area contributed by atoms with Crippen molar-refractivity contribution >= 4 is 21.7 Å². The second kappa shape index (κ2) is 10.7. The number of nitrogens with zero attached hydrogens (tertiary/aromatic N) is 1. The molecular weight excluding hydrogens is 395 g/mol. The van der Waals surface area contributed by atoms with E-state index in [-0.39, 0.29) is 35.8 Å². The van der Waals surface area contributed by atoms with Crippen LogP contribution < -0.4 is 5.32 Å². The maximum Gasteiger partial charge on any atom is 0.237 e. The third-order valence-corrected chi connectivity index (χ3v) is 6.92. The maximum atomic E-state index is 13.6. The fraction of sp³-hybridized carbons (Fsp3) is 0.619. The second-order valence-corrected chi connectivity index (χ2v) is 9.94. The van der Waals surface area contributed by atoms with Gasteiger partial charge < -0.3 is 10.2 Å². The molecule has 0 aromatic heterocycles. The Kier molecular flexibility index (Phi) is 8.61. The van der Waals surface area contributed by atoms with Gasteiger partial charge in [-0.15, -0.1) is 0 Å². The molecule has 8 heteroatoms. The maximum absolute atomic E-state index is 13.6. The number of carbonyl (C=O) groups is 2. The van der Waals surface area contributed by atoms with Crippen molar-refractivity contribution in [3.05, 3.63) is 35.1 Å². The monoisotopic (exact) mass is 426 g/mol. The molecule has 1 aromatic carbocycles. The van der Waals surface area contributed by atoms with Gasteiger partial charge in [-0.25, -0.2) is 12.8 Å². The van der Waals surface area contributed by atoms with Crippen molar-refractivity contribution in [3.8, 4) is 0 Å². The molecule has 1 saturated heterocycles. The number of halogens is 1. The van der Waals surface area contributed by atoms with Crippen LogP contribution in [0.25, 0.3) is 0 Å². The van der Waals surface area contributed by atoms with Crippen LogP contribution in [0.3, 0.4) is 0 Å². The number of sulfone groups is 1. The Bertz CT molecular complexity index is 818. The van der Waals surface area contributed by atoms with Gasteiger partial charge in [0.15, 0.2) is 9.84 Å². The zero-order valence-corrected chi connectivity index (χ0v) is 18.1. The Labute approximate surface area is 172 Å². The summed E-state index contributed by atoms with van der Waals surface area (Å²) in [4.78, 5) is 26.2. The van der Waals surface area contributed by atoms with E-state index in [1.807, 2.05) is 6.92 Å². The molecule has 1 N–H and O–H groups in total. The fourth-order valence-corrected chi connectivity index (χ4v) is 4.74. The molecule has 0 aliphatic carbocycles. The van der Waals surface area contributed by atoms with Crippen molar-refractivity contribution in [3.63, 3.8) is 0 Å². The number of unbranched alkanes of at least 4 members (excludes halogenated alkanes) is 2. The number of likely N-dealkylation sites (tertiary alicyclic amines) is 1. The third-order valence-electron chi connectivity index (χ3n) is 5.32. The van der Waals surface area contributed by atoms with Gasteiger partial charge in [-0.1, -0.05) is 31.9 Å². The summed E-state index contributed by atoms with van der Waals surface area (Å²) in [6.45, 7) is 4.69. The van der Waals surface area contributed by atoms with Crippen LogP contribution in [-0.4, -0.2) is 49.7 Å². The minimum absolute atomic E-state index is 0.0467. The number of amides is 2. The molecule has 1 aliphatic rings. The highest BCUT2D eigenvalue weighted by Gasteiger charge is 2.29. The molecule has 29 heavy (non-hydrogen) atoms. The molecule has 1 fully saturated rings. The van der Waals surface area contributed by atoms with Crippen LogP contribution in [0.5, 0.6) is 0 Å². The number of carbonyl (C=O) groups excluding carboxylic acids is 2. The summed E-state index contributed by atoms with van der Waals surface area (Å²) in [5.41, 5.74) is 1.26. The summed E-state index contributed by atoms with van der Waals surface area (Å²) in [5, 5.41) is 2.82. The SMILES string of the molecule is CCCCCS(=O)(=O)CC(=O)N1CCC(C(=O)NCc2ccc(C)c(F)c2)CC1. The molecule has 2 rings (SSSR count). The number of hydrogen-bond donors (Lipinski definition) is 1. The lowest BCUT2D eigenvalue weighted by Crippen LogP contribution is -2.44. The second-order valence-electron chi connectivity index (χ2n) is 7.76. The van der Waals surface area contributed by atoms with E-state index in [0.29, 0.717) is 43.5 Å². The van der Waals surface area contributed by atoms with Crippen LogP contribution in [0.2, 0.25) is 0 Å². The van der Waals surface area contributed by atoms with Crippen LogP contribution in [0.1, 0.15) is 50.2 Å². The minimum Gasteiger partial charge on any atom is -0.352 e. The van der Waals surface area contributed by atoms with E-state index in [4.69, 9.17) is 0 Å². The molecule has 0 atom stereocenters. The van der Waals surface area contributed by atoms with E-state index < -0.39 is 15.6 Å². The Hall–Kier alpha value is -1.96. The standard InChI is InChI=1S/C21H31FN2O4S/c1-3-4-5-12-29(27,28)15-20(25)24-10-8-18(9-11-24)21(26)23-14-17-7-6-16(2)19(22)13-17/h6-7,13,18H,3-5,8-12,14-15H2,1-2H3,(H,23,26). The van der Waals surface area contributed by atoms with E-state index in [1.165, 1.54) is 11.0 Å². The van der Waals surface area contributed by atoms with Crippen LogP contribution in [0.4, 0.5) is 4.39 Å². The van der Waals surface area contributed by atoms with Gasteiger partial charge in [0.2, 0.25) is 11.8 Å². The van der Waals surface area contributed by atoms with Crippen LogP contribution in [-0.2, 0) is 26.0 Å². The van der Waals surface area contributed by atoms with Crippen molar-refractivity contribution in [2.45, 2.75) is 52.5 Å². The van der Waals surface area contributed by atoms with Gasteiger partial charge in [0.25, 0.3) is 0 Å². The first-order chi connectivity index (χ1) is 13.7. The molecule has 0 saturated carbocycles. The lowest BCUT2D eigenvalue weighted by Gasteiger charge is -2.31. The molecule has 1 heterocycles. The highest BCUT2D eigenvalue weighted by molar-refractivity contribution is 7.92. The third kappa shape index (κ3) is 7.42. The van der Waals surface area contributed by atoms with E-state index >= 15 is 0 Å². The number of hydrogen-bond acceptors (Lipinski definition) is 4. The molecule has 1 aromatic rings. The van der Waals surface area contributed by atoms with Gasteiger partial charge >= 0.3 is 0 Å². The summed E-state index contributed by atoms with van der Waals surface area (Å²) in [6.07, 6.45) is 3.34. The summed E-state index contributed by atoms with van der Waals surface area (Å²) >= 11 is 0. The van der Waals surface area contributed by atoms with Gasteiger partial charge in [0.1, 0.15) is 11.6 Å². The number of aryl methyl sites for hydroxylation is 1. The first-order valence-corrected chi connectivity index (χ1v) is 12.0. The van der Waals surface area contributed by atoms with E-state index in [0.717, 1.165) is 12.8 Å². The number of piperidine rings is 1. The van der Waals surface area contributed by atoms with Crippen molar-refractivity contribution < 1.29 is 22.4 Å². The largest absolute Gasteiger partial charge is 0.352 e. The van der Waals surface area contributed by atoms with E-state index in [2.05, 4.69) is 5.32 Å². The predicted octanol–water partition coefficient (Wildman–Crippen LogP) is 2.59. The number of rotatable bonds is 9. The first-order valence-electron chi connectivity index (χ1n) is 10.2. The van der Waals surface area contributed by atoms with Gasteiger partial charge in [0, 0.05) is 25.6 Å². The minimum atomic E-state index is -3.38. The van der Waals surface area contributed by atoms with Crippen molar-refractivity contribution in [1.82, 2.24) is 10.2 Å². The topological polar surface area (TPSA) is 83.6 Å². The molecular formula is C21H31FN2O4S. The molecule has 0 bridgehead atoms. The molecule has 0 radical (unpaired) electrons. The predicted molar refractivity (Wildman–Crippen MR) is 110 cm³/mol. The summed E-state index contributed by atoms with van der Waals surface area (Å²) in [5.74, 6) is -1.43. The average Bonchev–Trinajstić information content (AvgIpc) is 2.68. The smallest absolute Gasteiger partial charge is 0.237 e. The lowest BCUT2D eigenvalue weighted by atomic mass is 9.96. The van der Waals surface area contributed by atoms with E-state index in [9.17, 15) is 22.4 Å². The molecule has 162 valence electrons. The normalized spacial score (nSPS) is 15.3. The number of benzene rings is 1. The zero-order valence-electron chi connectivity index (χ0n) is 17.2. The van der Waals surface area contributed by atoms with Gasteiger partial charge in [-0.05, 0) is 43.4 Å². The van der Waals surface area contributed by atoms with Crippen LogP contribution >= 0.6 is 0 Å². The Morgan fingerprint density at radius 3 is 2.52 bits per heavy atom. The zero-order chi connectivity index (χ0) is 21.4. The fourth-order valence-electron chi connectivity index (χ4n) is 3.39. The van der Waals surface area contributed by atoms with Crippen molar-refractivity contribution in [2.75, 3.05) is 24.6 Å². The lowest BCUT2D eigenvalue weighted by molar-refractivity contribution is -0.133. The van der Waals surface area contributed by atoms with Gasteiger partial charge in [-0.3, -0.25) is 9.59 Å². The average molecular weight is 427 g/mol. The Morgan fingerprint density at radius 2 is 1.90 bits per heavy atom. The highest BCUT2D eigenvalue weighted by atomic mass is 32.2. The molecule has 0 unspecified atom stereocenters. The Morgan fingerprint density at radius 1 is 1.21 bits per heavy atom. The quantitative estimate of drug-likeness (QED) is 0.615. The highest BCUT2D eigenvalue weighted by Crippen LogP contribution is 2.18. The van der Waals surface area contributed by atoms with Crippen LogP contribution in [0.15, 0.2) is 18.2 Å². The molecule has 2 amide bonds. The van der Waals surface area contributed by atoms with Crippen molar-refractivity contribution in [1.29, 1.82) is 0 Å². The van der Waals surface area contributed by atoms with Crippen molar-refractivity contribution in [2.24, 2.45) is 5.92 Å². The van der Waals surface area contributed by atoms with Crippen LogP contribution in [0, 0.1) is 18.7 Å². The van der Waals surface area contributed by atoms with E-state index in [1.54, 1.807) is 19.1 Å². The number of nitrogens with one attached hydrogen (secondary N) is 1.